The molecule has 56 valence electrons. The molecule has 2 N–H and O–H groups in total. The Balaban J connectivity index is 3.21. The summed E-state index contributed by atoms with van der Waals surface area (Å²) in [5.74, 6) is 0. The Morgan fingerprint density at radius 3 is 2.50 bits per heavy atom. The van der Waals surface area contributed by atoms with E-state index in [1.807, 2.05) is 0 Å². The molecule has 1 heterocycles. The van der Waals surface area contributed by atoms with Gasteiger partial charge in [0, 0.05) is 11.6 Å². The van der Waals surface area contributed by atoms with Crippen LogP contribution in [0.3, 0.4) is 0 Å². The van der Waals surface area contributed by atoms with Gasteiger partial charge in [-0.3, -0.25) is 0 Å². The summed E-state index contributed by atoms with van der Waals surface area (Å²) in [6.07, 6.45) is 1.10. The Morgan fingerprint density at radius 1 is 1.70 bits per heavy atom. The number of nitrogen functional groups attached to an aromatic ring is 1. The molecule has 10 heavy (non-hydrogen) atoms. The zero-order valence-corrected chi connectivity index (χ0v) is 6.87. The van der Waals surface area contributed by atoms with Crippen molar-refractivity contribution in [1.29, 1.82) is 0 Å². The van der Waals surface area contributed by atoms with E-state index in [1.54, 1.807) is 0 Å². The topological polar surface area (TPSA) is 73.0 Å². The smallest absolute Gasteiger partial charge is 0.193 e. The van der Waals surface area contributed by atoms with Crippen LogP contribution in [0.25, 0.3) is 0 Å². The van der Waals surface area contributed by atoms with Crippen molar-refractivity contribution in [2.75, 3.05) is 12.0 Å². The average Bonchev–Trinajstić information content (AvgIpc) is 2.11. The fraction of sp³-hybridized carbons (Fsp3) is 0.250. The minimum atomic E-state index is -3.16. The van der Waals surface area contributed by atoms with Gasteiger partial charge in [0.25, 0.3) is 0 Å². The maximum Gasteiger partial charge on any atom is 0.193 e. The number of hydrogen-bond acceptors (Lipinski definition) is 5. The molecule has 0 radical (unpaired) electrons. The normalized spacial score (nSPS) is 11.7. The highest BCUT2D eigenvalue weighted by molar-refractivity contribution is 7.90. The van der Waals surface area contributed by atoms with Gasteiger partial charge in [0.05, 0.1) is 0 Å². The van der Waals surface area contributed by atoms with E-state index in [2.05, 4.69) is 4.98 Å². The predicted octanol–water partition coefficient (Wildman–Crippen LogP) is 0.129. The molecule has 1 rings (SSSR count). The van der Waals surface area contributed by atoms with Crippen molar-refractivity contribution in [2.24, 2.45) is 0 Å². The van der Waals surface area contributed by atoms with E-state index in [4.69, 9.17) is 5.73 Å². The molecular weight excluding hydrogens is 172 g/mol. The molecule has 0 aromatic carbocycles. The number of aromatic nitrogens is 1. The second-order valence-corrected chi connectivity index (χ2v) is 4.65. The zero-order valence-electron chi connectivity index (χ0n) is 5.23. The van der Waals surface area contributed by atoms with Crippen LogP contribution in [0.5, 0.6) is 0 Å². The van der Waals surface area contributed by atoms with Gasteiger partial charge in [-0.15, -0.1) is 11.3 Å². The minimum Gasteiger partial charge on any atom is -0.375 e. The Bertz CT molecular complexity index is 327. The van der Waals surface area contributed by atoms with Crippen LogP contribution in [0, 0.1) is 0 Å². The summed E-state index contributed by atoms with van der Waals surface area (Å²) < 4.78 is 21.5. The molecule has 1 aromatic heterocycles. The van der Waals surface area contributed by atoms with Gasteiger partial charge in [0.1, 0.15) is 0 Å². The third kappa shape index (κ3) is 1.45. The van der Waals surface area contributed by atoms with E-state index < -0.39 is 9.84 Å². The van der Waals surface area contributed by atoms with Gasteiger partial charge in [-0.05, 0) is 0 Å². The highest BCUT2D eigenvalue weighted by Gasteiger charge is 2.09. The number of nitrogens with zero attached hydrogens (tertiary/aromatic N) is 1. The maximum atomic E-state index is 10.7. The van der Waals surface area contributed by atoms with Crippen LogP contribution in [0.1, 0.15) is 0 Å². The van der Waals surface area contributed by atoms with Gasteiger partial charge >= 0.3 is 0 Å². The van der Waals surface area contributed by atoms with E-state index in [1.165, 1.54) is 5.38 Å². The summed E-state index contributed by atoms with van der Waals surface area (Å²) >= 11 is 1.12. The van der Waals surface area contributed by atoms with Gasteiger partial charge in [0.15, 0.2) is 20.0 Å². The van der Waals surface area contributed by atoms with Crippen LogP contribution in [0.2, 0.25) is 0 Å². The molecule has 0 spiro atoms. The summed E-state index contributed by atoms with van der Waals surface area (Å²) in [5, 5.41) is 1.75. The third-order valence-corrected chi connectivity index (χ3v) is 2.67. The van der Waals surface area contributed by atoms with Crippen molar-refractivity contribution in [3.63, 3.8) is 0 Å². The molecule has 1 aromatic rings. The van der Waals surface area contributed by atoms with Crippen molar-refractivity contribution in [3.05, 3.63) is 5.38 Å². The third-order valence-electron chi connectivity index (χ3n) is 0.881. The SMILES string of the molecule is CS(=O)(=O)c1csc(N)n1. The quantitative estimate of drug-likeness (QED) is 0.663. The van der Waals surface area contributed by atoms with Crippen molar-refractivity contribution in [2.45, 2.75) is 5.03 Å². The molecule has 0 saturated heterocycles. The lowest BCUT2D eigenvalue weighted by Gasteiger charge is -1.86. The first-order chi connectivity index (χ1) is 4.50. The highest BCUT2D eigenvalue weighted by atomic mass is 32.2. The van der Waals surface area contributed by atoms with Crippen molar-refractivity contribution in [3.8, 4) is 0 Å². The first-order valence-electron chi connectivity index (χ1n) is 2.41. The molecule has 0 aliphatic rings. The molecule has 0 atom stereocenters. The van der Waals surface area contributed by atoms with Crippen LogP contribution in [-0.4, -0.2) is 19.7 Å². The molecule has 0 fully saturated rings. The van der Waals surface area contributed by atoms with Gasteiger partial charge < -0.3 is 5.73 Å². The molecule has 0 saturated carbocycles. The van der Waals surface area contributed by atoms with Gasteiger partial charge in [-0.1, -0.05) is 0 Å². The number of thiazole rings is 1. The van der Waals surface area contributed by atoms with Crippen LogP contribution in [0.15, 0.2) is 10.4 Å². The first-order valence-corrected chi connectivity index (χ1v) is 5.18. The molecule has 0 bridgehead atoms. The summed E-state index contributed by atoms with van der Waals surface area (Å²) in [6.45, 7) is 0. The lowest BCUT2D eigenvalue weighted by atomic mass is 11.0. The number of hydrogen-bond donors (Lipinski definition) is 1. The van der Waals surface area contributed by atoms with Crippen LogP contribution < -0.4 is 5.73 Å². The molecule has 0 aliphatic heterocycles. The number of anilines is 1. The summed E-state index contributed by atoms with van der Waals surface area (Å²) in [4.78, 5) is 3.59. The lowest BCUT2D eigenvalue weighted by molar-refractivity contribution is 0.599. The largest absolute Gasteiger partial charge is 0.375 e. The molecule has 0 unspecified atom stereocenters. The summed E-state index contributed by atoms with van der Waals surface area (Å²) in [7, 11) is -3.16. The Hall–Kier alpha value is -0.620. The fourth-order valence-electron chi connectivity index (χ4n) is 0.442. The second-order valence-electron chi connectivity index (χ2n) is 1.80. The van der Waals surface area contributed by atoms with E-state index in [-0.39, 0.29) is 10.2 Å². The van der Waals surface area contributed by atoms with Crippen molar-refractivity contribution in [1.82, 2.24) is 4.98 Å². The lowest BCUT2D eigenvalue weighted by Crippen LogP contribution is -1.97. The van der Waals surface area contributed by atoms with Crippen LogP contribution in [0.4, 0.5) is 5.13 Å². The predicted molar refractivity (Wildman–Crippen MR) is 39.6 cm³/mol. The first kappa shape index (κ1) is 7.49. The highest BCUT2D eigenvalue weighted by Crippen LogP contribution is 2.14. The monoisotopic (exact) mass is 178 g/mol. The Kier molecular flexibility index (Phi) is 1.65. The number of nitrogens with two attached hydrogens (primary N) is 1. The Labute approximate surface area is 62.6 Å². The number of sulfone groups is 1. The molecule has 0 aliphatic carbocycles. The van der Waals surface area contributed by atoms with Gasteiger partial charge in [-0.25, -0.2) is 13.4 Å². The summed E-state index contributed by atoms with van der Waals surface area (Å²) in [5.41, 5.74) is 5.22. The van der Waals surface area contributed by atoms with Gasteiger partial charge in [0.2, 0.25) is 0 Å². The van der Waals surface area contributed by atoms with Crippen LogP contribution in [-0.2, 0) is 9.84 Å². The van der Waals surface area contributed by atoms with E-state index in [9.17, 15) is 8.42 Å². The second kappa shape index (κ2) is 2.21. The van der Waals surface area contributed by atoms with Crippen molar-refractivity contribution < 1.29 is 8.42 Å². The minimum absolute atomic E-state index is 0.0509. The Morgan fingerprint density at radius 2 is 2.30 bits per heavy atom. The maximum absolute atomic E-state index is 10.7. The molecule has 4 nitrogen and oxygen atoms in total. The number of rotatable bonds is 1. The standard InChI is InChI=1S/C4H6N2O2S2/c1-10(7,8)3-2-9-4(5)6-3/h2H,1H3,(H2,5,6). The molecule has 0 amide bonds. The average molecular weight is 178 g/mol. The molecule has 6 heteroatoms. The van der Waals surface area contributed by atoms with Crippen molar-refractivity contribution >= 4 is 26.3 Å². The zero-order chi connectivity index (χ0) is 7.78. The van der Waals surface area contributed by atoms with Gasteiger partial charge in [-0.2, -0.15) is 0 Å². The van der Waals surface area contributed by atoms with E-state index in [0.29, 0.717) is 0 Å². The van der Waals surface area contributed by atoms with E-state index >= 15 is 0 Å². The van der Waals surface area contributed by atoms with E-state index in [0.717, 1.165) is 17.6 Å². The molecular formula is C4H6N2O2S2. The summed E-state index contributed by atoms with van der Waals surface area (Å²) in [6, 6.07) is 0. The van der Waals surface area contributed by atoms with Crippen LogP contribution >= 0.6 is 11.3 Å². The fourth-order valence-corrected chi connectivity index (χ4v) is 2.03.